The molecule has 1 aromatic carbocycles. The molecule has 0 unspecified atom stereocenters. The minimum absolute atomic E-state index is 0.0505. The van der Waals surface area contributed by atoms with Crippen LogP contribution in [-0.4, -0.2) is 27.1 Å². The summed E-state index contributed by atoms with van der Waals surface area (Å²) in [6.07, 6.45) is 3.47. The van der Waals surface area contributed by atoms with Crippen molar-refractivity contribution in [2.45, 2.75) is 31.9 Å². The zero-order valence-corrected chi connectivity index (χ0v) is 10.7. The van der Waals surface area contributed by atoms with Gasteiger partial charge in [0.2, 0.25) is 0 Å². The lowest BCUT2D eigenvalue weighted by Gasteiger charge is -2.14. The van der Waals surface area contributed by atoms with Gasteiger partial charge in [0.15, 0.2) is 5.69 Å². The molecule has 19 heavy (non-hydrogen) atoms. The van der Waals surface area contributed by atoms with Crippen molar-refractivity contribution in [3.05, 3.63) is 47.8 Å². The summed E-state index contributed by atoms with van der Waals surface area (Å²) in [6.45, 7) is 1.98. The van der Waals surface area contributed by atoms with Crippen molar-refractivity contribution in [3.63, 3.8) is 0 Å². The Morgan fingerprint density at radius 2 is 2.11 bits per heavy atom. The predicted molar refractivity (Wildman–Crippen MR) is 68.7 cm³/mol. The number of carbonyl (C=O) groups is 1. The maximum absolute atomic E-state index is 12.0. The van der Waals surface area contributed by atoms with Crippen LogP contribution in [0.5, 0.6) is 0 Å². The molecule has 1 aliphatic carbocycles. The monoisotopic (exact) mass is 257 g/mol. The molecule has 1 aliphatic rings. The zero-order valence-electron chi connectivity index (χ0n) is 10.7. The van der Waals surface area contributed by atoms with E-state index in [1.807, 2.05) is 37.3 Å². The highest BCUT2D eigenvalue weighted by molar-refractivity contribution is 5.87. The highest BCUT2D eigenvalue weighted by Gasteiger charge is 2.29. The fraction of sp³-hybridized carbons (Fsp3) is 0.357. The van der Waals surface area contributed by atoms with Crippen LogP contribution in [0.25, 0.3) is 0 Å². The molecule has 5 heteroatoms. The number of esters is 1. The molecular weight excluding hydrogens is 242 g/mol. The molecule has 0 saturated heterocycles. The summed E-state index contributed by atoms with van der Waals surface area (Å²) in [5.41, 5.74) is 1.48. The quantitative estimate of drug-likeness (QED) is 0.788. The first kappa shape index (κ1) is 11.9. The van der Waals surface area contributed by atoms with Crippen LogP contribution in [0.4, 0.5) is 0 Å². The lowest BCUT2D eigenvalue weighted by molar-refractivity contribution is 0.0456. The molecule has 0 aliphatic heterocycles. The number of rotatable bonds is 4. The fourth-order valence-corrected chi connectivity index (χ4v) is 1.95. The Hall–Kier alpha value is -2.17. The van der Waals surface area contributed by atoms with E-state index in [0.29, 0.717) is 5.69 Å². The Balaban J connectivity index is 1.84. The average molecular weight is 257 g/mol. The highest BCUT2D eigenvalue weighted by atomic mass is 16.5. The van der Waals surface area contributed by atoms with E-state index in [4.69, 9.17) is 4.74 Å². The van der Waals surface area contributed by atoms with Crippen LogP contribution in [0.2, 0.25) is 0 Å². The van der Waals surface area contributed by atoms with E-state index in [-0.39, 0.29) is 18.1 Å². The van der Waals surface area contributed by atoms with E-state index >= 15 is 0 Å². The molecule has 3 rings (SSSR count). The highest BCUT2D eigenvalue weighted by Crippen LogP contribution is 2.25. The third-order valence-corrected chi connectivity index (χ3v) is 3.23. The lowest BCUT2D eigenvalue weighted by Crippen LogP contribution is -2.18. The van der Waals surface area contributed by atoms with Crippen LogP contribution in [0, 0.1) is 0 Å². The van der Waals surface area contributed by atoms with Crippen molar-refractivity contribution in [2.75, 3.05) is 0 Å². The molecule has 1 saturated carbocycles. The largest absolute Gasteiger partial charge is 0.458 e. The van der Waals surface area contributed by atoms with Gasteiger partial charge in [-0.25, -0.2) is 9.48 Å². The Morgan fingerprint density at radius 3 is 2.79 bits per heavy atom. The minimum Gasteiger partial charge on any atom is -0.458 e. The third kappa shape index (κ3) is 2.50. The van der Waals surface area contributed by atoms with Gasteiger partial charge in [0.1, 0.15) is 6.10 Å². The number of carbonyl (C=O) groups excluding carboxylic acids is 1. The molecule has 0 spiro atoms. The molecule has 0 N–H and O–H groups in total. The third-order valence-electron chi connectivity index (χ3n) is 3.23. The fourth-order valence-electron chi connectivity index (χ4n) is 1.95. The molecule has 2 aromatic rings. The van der Waals surface area contributed by atoms with Crippen LogP contribution in [0.1, 0.15) is 41.9 Å². The van der Waals surface area contributed by atoms with E-state index in [1.54, 1.807) is 4.68 Å². The molecule has 1 atom stereocenters. The second-order valence-electron chi connectivity index (χ2n) is 4.76. The smallest absolute Gasteiger partial charge is 0.358 e. The van der Waals surface area contributed by atoms with Gasteiger partial charge < -0.3 is 4.74 Å². The van der Waals surface area contributed by atoms with Gasteiger partial charge in [-0.1, -0.05) is 35.5 Å². The Labute approximate surface area is 111 Å². The summed E-state index contributed by atoms with van der Waals surface area (Å²) in [6, 6.07) is 9.84. The van der Waals surface area contributed by atoms with Gasteiger partial charge in [-0.3, -0.25) is 0 Å². The molecular formula is C14H15N3O2. The van der Waals surface area contributed by atoms with E-state index in [1.165, 1.54) is 6.20 Å². The minimum atomic E-state index is -0.338. The van der Waals surface area contributed by atoms with Gasteiger partial charge >= 0.3 is 5.97 Å². The second-order valence-corrected chi connectivity index (χ2v) is 4.76. The molecule has 0 radical (unpaired) electrons. The summed E-state index contributed by atoms with van der Waals surface area (Å²) in [5.74, 6) is -0.338. The first-order chi connectivity index (χ1) is 9.25. The van der Waals surface area contributed by atoms with E-state index in [0.717, 1.165) is 18.4 Å². The molecule has 5 nitrogen and oxygen atoms in total. The molecule has 1 aromatic heterocycles. The number of hydrogen-bond acceptors (Lipinski definition) is 4. The molecule has 1 fully saturated rings. The van der Waals surface area contributed by atoms with Gasteiger partial charge in [-0.15, -0.1) is 5.10 Å². The summed E-state index contributed by atoms with van der Waals surface area (Å²) < 4.78 is 6.90. The topological polar surface area (TPSA) is 57.0 Å². The summed E-state index contributed by atoms with van der Waals surface area (Å²) in [5, 5.41) is 7.84. The normalized spacial score (nSPS) is 16.1. The van der Waals surface area contributed by atoms with Crippen molar-refractivity contribution < 1.29 is 9.53 Å². The molecule has 98 valence electrons. The van der Waals surface area contributed by atoms with Crippen LogP contribution >= 0.6 is 0 Å². The maximum Gasteiger partial charge on any atom is 0.358 e. The second kappa shape index (κ2) is 4.84. The number of nitrogens with zero attached hydrogens (tertiary/aromatic N) is 3. The summed E-state index contributed by atoms with van der Waals surface area (Å²) in [4.78, 5) is 12.0. The zero-order chi connectivity index (χ0) is 13.2. The predicted octanol–water partition coefficient (Wildman–Crippen LogP) is 2.21. The first-order valence-electron chi connectivity index (χ1n) is 6.42. The van der Waals surface area contributed by atoms with E-state index in [2.05, 4.69) is 10.3 Å². The number of hydrogen-bond donors (Lipinski definition) is 0. The van der Waals surface area contributed by atoms with Crippen molar-refractivity contribution in [3.8, 4) is 0 Å². The summed E-state index contributed by atoms with van der Waals surface area (Å²) >= 11 is 0. The van der Waals surface area contributed by atoms with Gasteiger partial charge in [-0.2, -0.15) is 0 Å². The first-order valence-corrected chi connectivity index (χ1v) is 6.42. The summed E-state index contributed by atoms with van der Waals surface area (Å²) in [7, 11) is 0. The standard InChI is InChI=1S/C14H15N3O2/c1-10(11-5-3-2-4-6-11)17-13(9-15-16-17)14(18)19-12-7-8-12/h2-6,9-10,12H,7-8H2,1H3/t10-/m1/s1. The van der Waals surface area contributed by atoms with Gasteiger partial charge in [0.05, 0.1) is 12.2 Å². The van der Waals surface area contributed by atoms with Crippen molar-refractivity contribution in [1.29, 1.82) is 0 Å². The molecule has 0 bridgehead atoms. The number of ether oxygens (including phenoxy) is 1. The average Bonchev–Trinajstić information content (AvgIpc) is 3.11. The van der Waals surface area contributed by atoms with Gasteiger partial charge in [-0.05, 0) is 25.3 Å². The van der Waals surface area contributed by atoms with Crippen LogP contribution in [0.15, 0.2) is 36.5 Å². The Bertz CT molecular complexity index is 575. The van der Waals surface area contributed by atoms with E-state index < -0.39 is 0 Å². The van der Waals surface area contributed by atoms with Crippen molar-refractivity contribution >= 4 is 5.97 Å². The number of benzene rings is 1. The van der Waals surface area contributed by atoms with Crippen LogP contribution in [0.3, 0.4) is 0 Å². The SMILES string of the molecule is C[C@H](c1ccccc1)n1nncc1C(=O)OC1CC1. The van der Waals surface area contributed by atoms with Crippen LogP contribution in [-0.2, 0) is 4.74 Å². The van der Waals surface area contributed by atoms with Gasteiger partial charge in [0, 0.05) is 0 Å². The van der Waals surface area contributed by atoms with Crippen molar-refractivity contribution in [1.82, 2.24) is 15.0 Å². The van der Waals surface area contributed by atoms with Crippen molar-refractivity contribution in [2.24, 2.45) is 0 Å². The number of aromatic nitrogens is 3. The van der Waals surface area contributed by atoms with E-state index in [9.17, 15) is 4.79 Å². The van der Waals surface area contributed by atoms with Crippen LogP contribution < -0.4 is 0 Å². The maximum atomic E-state index is 12.0. The molecule has 1 heterocycles. The Kier molecular flexibility index (Phi) is 3.03. The Morgan fingerprint density at radius 1 is 1.37 bits per heavy atom. The molecule has 0 amide bonds. The lowest BCUT2D eigenvalue weighted by atomic mass is 10.1. The van der Waals surface area contributed by atoms with Gasteiger partial charge in [0.25, 0.3) is 0 Å².